The number of sulfonamides is 1. The van der Waals surface area contributed by atoms with Crippen molar-refractivity contribution in [1.82, 2.24) is 14.6 Å². The highest BCUT2D eigenvalue weighted by Gasteiger charge is 2.26. The van der Waals surface area contributed by atoms with Crippen LogP contribution in [0.15, 0.2) is 53.7 Å². The smallest absolute Gasteiger partial charge is 0.243 e. The molecule has 144 valence electrons. The molecule has 9 heteroatoms. The first-order valence-electron chi connectivity index (χ1n) is 8.63. The summed E-state index contributed by atoms with van der Waals surface area (Å²) >= 11 is 0. The Morgan fingerprint density at radius 3 is 2.41 bits per heavy atom. The van der Waals surface area contributed by atoms with Gasteiger partial charge in [-0.25, -0.2) is 8.42 Å². The molecule has 0 unspecified atom stereocenters. The topological polar surface area (TPSA) is 101 Å². The number of benzene rings is 1. The zero-order valence-electron chi connectivity index (χ0n) is 14.8. The molecule has 1 aromatic heterocycles. The van der Waals surface area contributed by atoms with E-state index in [2.05, 4.69) is 15.6 Å². The van der Waals surface area contributed by atoms with Crippen LogP contribution >= 0.6 is 0 Å². The Labute approximate surface area is 158 Å². The third-order valence-electron chi connectivity index (χ3n) is 4.11. The second-order valence-corrected chi connectivity index (χ2v) is 7.99. The summed E-state index contributed by atoms with van der Waals surface area (Å²) in [5.41, 5.74) is 1.59. The van der Waals surface area contributed by atoms with Gasteiger partial charge in [0.1, 0.15) is 0 Å². The molecule has 1 aromatic carbocycles. The third-order valence-corrected chi connectivity index (χ3v) is 6.02. The van der Waals surface area contributed by atoms with Gasteiger partial charge in [-0.15, -0.1) is 0 Å². The Morgan fingerprint density at radius 1 is 1.07 bits per heavy atom. The Bertz CT molecular complexity index is 851. The van der Waals surface area contributed by atoms with Crippen LogP contribution in [0.1, 0.15) is 5.56 Å². The van der Waals surface area contributed by atoms with Gasteiger partial charge in [-0.05, 0) is 42.0 Å². The van der Waals surface area contributed by atoms with Gasteiger partial charge in [0.2, 0.25) is 15.9 Å². The van der Waals surface area contributed by atoms with Gasteiger partial charge in [-0.2, -0.15) is 4.31 Å². The molecule has 2 aromatic rings. The molecule has 0 spiro atoms. The van der Waals surface area contributed by atoms with Crippen molar-refractivity contribution in [1.29, 1.82) is 0 Å². The molecule has 1 fully saturated rings. The van der Waals surface area contributed by atoms with Gasteiger partial charge in [0.15, 0.2) is 0 Å². The SMILES string of the molecule is O=C(CNCc1ccncc1)Nc1ccc(S(=O)(=O)N2CCOCC2)cc1. The first-order valence-corrected chi connectivity index (χ1v) is 10.1. The number of ether oxygens (including phenoxy) is 1. The molecule has 0 aliphatic carbocycles. The van der Waals surface area contributed by atoms with Crippen molar-refractivity contribution in [2.75, 3.05) is 38.2 Å². The van der Waals surface area contributed by atoms with Gasteiger partial charge >= 0.3 is 0 Å². The van der Waals surface area contributed by atoms with E-state index in [1.807, 2.05) is 12.1 Å². The van der Waals surface area contributed by atoms with Crippen LogP contribution < -0.4 is 10.6 Å². The van der Waals surface area contributed by atoms with Crippen molar-refractivity contribution in [2.24, 2.45) is 0 Å². The number of nitrogens with zero attached hydrogens (tertiary/aromatic N) is 2. The molecule has 1 aliphatic heterocycles. The number of hydrogen-bond donors (Lipinski definition) is 2. The van der Waals surface area contributed by atoms with E-state index in [1.165, 1.54) is 16.4 Å². The van der Waals surface area contributed by atoms with E-state index in [-0.39, 0.29) is 17.3 Å². The predicted molar refractivity (Wildman–Crippen MR) is 101 cm³/mol. The zero-order chi connectivity index (χ0) is 19.1. The second kappa shape index (κ2) is 9.05. The molecule has 2 heterocycles. The van der Waals surface area contributed by atoms with E-state index in [0.717, 1.165) is 5.56 Å². The molecule has 0 saturated carbocycles. The normalized spacial score (nSPS) is 15.4. The maximum atomic E-state index is 12.6. The van der Waals surface area contributed by atoms with Crippen molar-refractivity contribution >= 4 is 21.6 Å². The minimum atomic E-state index is -3.53. The lowest BCUT2D eigenvalue weighted by Gasteiger charge is -2.26. The molecule has 3 rings (SSSR count). The van der Waals surface area contributed by atoms with Crippen LogP contribution in [-0.2, 0) is 26.1 Å². The summed E-state index contributed by atoms with van der Waals surface area (Å²) in [6.45, 7) is 2.22. The van der Waals surface area contributed by atoms with Crippen LogP contribution in [0.3, 0.4) is 0 Å². The number of carbonyl (C=O) groups excluding carboxylic acids is 1. The van der Waals surface area contributed by atoms with Gasteiger partial charge in [0.25, 0.3) is 0 Å². The first-order chi connectivity index (χ1) is 13.1. The number of aromatic nitrogens is 1. The van der Waals surface area contributed by atoms with Crippen molar-refractivity contribution in [3.63, 3.8) is 0 Å². The molecule has 0 bridgehead atoms. The lowest BCUT2D eigenvalue weighted by Crippen LogP contribution is -2.40. The van der Waals surface area contributed by atoms with Crippen molar-refractivity contribution in [3.8, 4) is 0 Å². The van der Waals surface area contributed by atoms with Gasteiger partial charge in [-0.1, -0.05) is 0 Å². The second-order valence-electron chi connectivity index (χ2n) is 6.05. The number of hydrogen-bond acceptors (Lipinski definition) is 6. The van der Waals surface area contributed by atoms with Crippen LogP contribution in [0, 0.1) is 0 Å². The average molecular weight is 390 g/mol. The summed E-state index contributed by atoms with van der Waals surface area (Å²) in [4.78, 5) is 16.2. The zero-order valence-corrected chi connectivity index (χ0v) is 15.6. The Balaban J connectivity index is 1.51. The van der Waals surface area contributed by atoms with Gasteiger partial charge in [0, 0.05) is 37.7 Å². The first kappa shape index (κ1) is 19.4. The molecule has 0 atom stereocenters. The minimum absolute atomic E-state index is 0.149. The molecule has 0 radical (unpaired) electrons. The fraction of sp³-hybridized carbons (Fsp3) is 0.333. The highest BCUT2D eigenvalue weighted by molar-refractivity contribution is 7.89. The maximum absolute atomic E-state index is 12.6. The fourth-order valence-corrected chi connectivity index (χ4v) is 4.08. The molecule has 2 N–H and O–H groups in total. The van der Waals surface area contributed by atoms with Crippen LogP contribution in [0.25, 0.3) is 0 Å². The van der Waals surface area contributed by atoms with Crippen molar-refractivity contribution in [2.45, 2.75) is 11.4 Å². The quantitative estimate of drug-likeness (QED) is 0.726. The van der Waals surface area contributed by atoms with Crippen molar-refractivity contribution < 1.29 is 17.9 Å². The molecular weight excluding hydrogens is 368 g/mol. The highest BCUT2D eigenvalue weighted by Crippen LogP contribution is 2.19. The fourth-order valence-electron chi connectivity index (χ4n) is 2.67. The highest BCUT2D eigenvalue weighted by atomic mass is 32.2. The summed E-state index contributed by atoms with van der Waals surface area (Å²) in [5, 5.41) is 5.79. The molecule has 27 heavy (non-hydrogen) atoms. The number of carbonyl (C=O) groups is 1. The number of morpholine rings is 1. The number of anilines is 1. The van der Waals surface area contributed by atoms with Gasteiger partial charge < -0.3 is 15.4 Å². The number of amides is 1. The molecule has 8 nitrogen and oxygen atoms in total. The Kier molecular flexibility index (Phi) is 6.51. The van der Waals surface area contributed by atoms with E-state index in [4.69, 9.17) is 4.74 Å². The van der Waals surface area contributed by atoms with Crippen LogP contribution in [0.2, 0.25) is 0 Å². The number of rotatable bonds is 7. The molecule has 1 aliphatic rings. The minimum Gasteiger partial charge on any atom is -0.379 e. The van der Waals surface area contributed by atoms with E-state index in [0.29, 0.717) is 38.5 Å². The Hall–Kier alpha value is -2.33. The van der Waals surface area contributed by atoms with Crippen LogP contribution in [0.4, 0.5) is 5.69 Å². The summed E-state index contributed by atoms with van der Waals surface area (Å²) in [6, 6.07) is 9.94. The molecule has 1 saturated heterocycles. The maximum Gasteiger partial charge on any atom is 0.243 e. The van der Waals surface area contributed by atoms with E-state index in [9.17, 15) is 13.2 Å². The number of pyridine rings is 1. The lowest BCUT2D eigenvalue weighted by molar-refractivity contribution is -0.115. The van der Waals surface area contributed by atoms with Crippen LogP contribution in [-0.4, -0.2) is 56.5 Å². The largest absolute Gasteiger partial charge is 0.379 e. The summed E-state index contributed by atoms with van der Waals surface area (Å²) in [7, 11) is -3.53. The Morgan fingerprint density at radius 2 is 1.74 bits per heavy atom. The predicted octanol–water partition coefficient (Wildman–Crippen LogP) is 0.831. The summed E-state index contributed by atoms with van der Waals surface area (Å²) in [6.07, 6.45) is 3.40. The summed E-state index contributed by atoms with van der Waals surface area (Å²) < 4.78 is 31.7. The molecule has 1 amide bonds. The van der Waals surface area contributed by atoms with Gasteiger partial charge in [0.05, 0.1) is 24.7 Å². The molecular formula is C18H22N4O4S. The standard InChI is InChI=1S/C18H22N4O4S/c23-18(14-20-13-15-5-7-19-8-6-15)21-16-1-3-17(4-2-16)27(24,25)22-9-11-26-12-10-22/h1-8,20H,9-14H2,(H,21,23). The third kappa shape index (κ3) is 5.33. The van der Waals surface area contributed by atoms with Crippen molar-refractivity contribution in [3.05, 3.63) is 54.4 Å². The van der Waals surface area contributed by atoms with E-state index >= 15 is 0 Å². The average Bonchev–Trinajstić information content (AvgIpc) is 2.70. The van der Waals surface area contributed by atoms with E-state index < -0.39 is 10.0 Å². The van der Waals surface area contributed by atoms with Crippen LogP contribution in [0.5, 0.6) is 0 Å². The lowest BCUT2D eigenvalue weighted by atomic mass is 10.3. The van der Waals surface area contributed by atoms with E-state index in [1.54, 1.807) is 24.5 Å². The monoisotopic (exact) mass is 390 g/mol. The summed E-state index contributed by atoms with van der Waals surface area (Å²) in [5.74, 6) is -0.201. The number of nitrogens with one attached hydrogen (secondary N) is 2. The van der Waals surface area contributed by atoms with Gasteiger partial charge in [-0.3, -0.25) is 9.78 Å².